The highest BCUT2D eigenvalue weighted by Gasteiger charge is 1.95. The third-order valence-corrected chi connectivity index (χ3v) is 1.79. The number of nitrogens with zero attached hydrogens (tertiary/aromatic N) is 2. The molecule has 0 heterocycles. The molecule has 0 aromatic carbocycles. The van der Waals surface area contributed by atoms with Crippen molar-refractivity contribution in [1.82, 2.24) is 4.90 Å². The number of unbranched alkanes of at least 4 members (excludes halogenated alkanes) is 3. The Morgan fingerprint density at radius 3 is 2.50 bits per heavy atom. The SMILES string of the molecule is CN(CC#N)CCCCCCO. The summed E-state index contributed by atoms with van der Waals surface area (Å²) in [6, 6.07) is 2.11. The van der Waals surface area contributed by atoms with E-state index in [9.17, 15) is 0 Å². The highest BCUT2D eigenvalue weighted by molar-refractivity contribution is 4.73. The summed E-state index contributed by atoms with van der Waals surface area (Å²) in [5, 5.41) is 16.9. The molecule has 0 aliphatic rings. The summed E-state index contributed by atoms with van der Waals surface area (Å²) < 4.78 is 0. The molecule has 12 heavy (non-hydrogen) atoms. The van der Waals surface area contributed by atoms with Crippen molar-refractivity contribution in [3.63, 3.8) is 0 Å². The van der Waals surface area contributed by atoms with E-state index in [-0.39, 0.29) is 0 Å². The summed E-state index contributed by atoms with van der Waals surface area (Å²) in [5.74, 6) is 0. The van der Waals surface area contributed by atoms with E-state index in [1.54, 1.807) is 0 Å². The Bertz CT molecular complexity index is 131. The maximum Gasteiger partial charge on any atom is 0.0863 e. The normalized spacial score (nSPS) is 10.2. The molecule has 0 fully saturated rings. The van der Waals surface area contributed by atoms with Gasteiger partial charge in [-0.15, -0.1) is 0 Å². The maximum atomic E-state index is 8.51. The predicted molar refractivity (Wildman–Crippen MR) is 48.7 cm³/mol. The summed E-state index contributed by atoms with van der Waals surface area (Å²) in [7, 11) is 1.95. The van der Waals surface area contributed by atoms with Crippen LogP contribution < -0.4 is 0 Å². The van der Waals surface area contributed by atoms with Crippen LogP contribution in [0.2, 0.25) is 0 Å². The molecule has 0 aliphatic heterocycles. The van der Waals surface area contributed by atoms with Crippen LogP contribution >= 0.6 is 0 Å². The van der Waals surface area contributed by atoms with Gasteiger partial charge in [0.1, 0.15) is 0 Å². The molecule has 0 saturated heterocycles. The van der Waals surface area contributed by atoms with E-state index < -0.39 is 0 Å². The van der Waals surface area contributed by atoms with E-state index in [4.69, 9.17) is 10.4 Å². The van der Waals surface area contributed by atoms with Crippen molar-refractivity contribution >= 4 is 0 Å². The lowest BCUT2D eigenvalue weighted by Crippen LogP contribution is -2.19. The van der Waals surface area contributed by atoms with Crippen molar-refractivity contribution in [3.05, 3.63) is 0 Å². The summed E-state index contributed by atoms with van der Waals surface area (Å²) in [6.07, 6.45) is 4.27. The lowest BCUT2D eigenvalue weighted by Gasteiger charge is -2.11. The highest BCUT2D eigenvalue weighted by Crippen LogP contribution is 1.99. The van der Waals surface area contributed by atoms with Crippen molar-refractivity contribution in [1.29, 1.82) is 5.26 Å². The zero-order valence-electron chi connectivity index (χ0n) is 7.79. The average molecular weight is 170 g/mol. The summed E-state index contributed by atoms with van der Waals surface area (Å²) >= 11 is 0. The molecule has 1 N–H and O–H groups in total. The van der Waals surface area contributed by atoms with Gasteiger partial charge in [0.05, 0.1) is 12.6 Å². The van der Waals surface area contributed by atoms with Gasteiger partial charge in [-0.05, 0) is 26.4 Å². The van der Waals surface area contributed by atoms with Crippen molar-refractivity contribution in [3.8, 4) is 6.07 Å². The van der Waals surface area contributed by atoms with Crippen LogP contribution in [-0.4, -0.2) is 36.8 Å². The summed E-state index contributed by atoms with van der Waals surface area (Å²) in [5.41, 5.74) is 0. The van der Waals surface area contributed by atoms with Crippen molar-refractivity contribution < 1.29 is 5.11 Å². The summed E-state index contributed by atoms with van der Waals surface area (Å²) in [6.45, 7) is 1.80. The van der Waals surface area contributed by atoms with Gasteiger partial charge in [-0.25, -0.2) is 0 Å². The standard InChI is InChI=1S/C9H18N2O/c1-11(8-6-10)7-4-2-3-5-9-12/h12H,2-5,7-9H2,1H3. The molecule has 70 valence electrons. The Kier molecular flexibility index (Phi) is 8.09. The molecular weight excluding hydrogens is 152 g/mol. The molecule has 0 rings (SSSR count). The molecule has 0 bridgehead atoms. The number of rotatable bonds is 7. The molecule has 0 radical (unpaired) electrons. The maximum absolute atomic E-state index is 8.51. The van der Waals surface area contributed by atoms with Crippen molar-refractivity contribution in [2.75, 3.05) is 26.7 Å². The minimum Gasteiger partial charge on any atom is -0.396 e. The minimum atomic E-state index is 0.300. The van der Waals surface area contributed by atoms with Crippen LogP contribution in [0, 0.1) is 11.3 Å². The van der Waals surface area contributed by atoms with Gasteiger partial charge >= 0.3 is 0 Å². The van der Waals surface area contributed by atoms with Gasteiger partial charge in [0.2, 0.25) is 0 Å². The first-order chi connectivity index (χ1) is 5.81. The second-order valence-electron chi connectivity index (χ2n) is 3.03. The first-order valence-corrected chi connectivity index (χ1v) is 4.47. The minimum absolute atomic E-state index is 0.300. The van der Waals surface area contributed by atoms with Gasteiger partial charge in [-0.2, -0.15) is 5.26 Å². The number of aliphatic hydroxyl groups is 1. The molecule has 0 saturated carbocycles. The number of hydrogen-bond acceptors (Lipinski definition) is 3. The quantitative estimate of drug-likeness (QED) is 0.458. The molecule has 3 heteroatoms. The molecule has 0 aromatic heterocycles. The molecule has 3 nitrogen and oxygen atoms in total. The molecule has 0 spiro atoms. The second kappa shape index (κ2) is 8.51. The van der Waals surface area contributed by atoms with Gasteiger partial charge in [-0.1, -0.05) is 12.8 Å². The molecule has 0 amide bonds. The first-order valence-electron chi connectivity index (χ1n) is 4.47. The topological polar surface area (TPSA) is 47.3 Å². The van der Waals surface area contributed by atoms with Crippen molar-refractivity contribution in [2.45, 2.75) is 25.7 Å². The third kappa shape index (κ3) is 7.52. The van der Waals surface area contributed by atoms with E-state index in [0.717, 1.165) is 32.2 Å². The average Bonchev–Trinajstić information content (AvgIpc) is 2.05. The molecule has 0 aliphatic carbocycles. The Hall–Kier alpha value is -0.590. The van der Waals surface area contributed by atoms with Crippen LogP contribution in [0.5, 0.6) is 0 Å². The van der Waals surface area contributed by atoms with Gasteiger partial charge in [0.15, 0.2) is 0 Å². The van der Waals surface area contributed by atoms with E-state index in [0.29, 0.717) is 13.2 Å². The number of nitriles is 1. The zero-order valence-corrected chi connectivity index (χ0v) is 7.79. The Morgan fingerprint density at radius 1 is 1.25 bits per heavy atom. The second-order valence-corrected chi connectivity index (χ2v) is 3.03. The largest absolute Gasteiger partial charge is 0.396 e. The lowest BCUT2D eigenvalue weighted by molar-refractivity contribution is 0.280. The molecule has 0 aromatic rings. The van der Waals surface area contributed by atoms with Gasteiger partial charge in [0.25, 0.3) is 0 Å². The van der Waals surface area contributed by atoms with E-state index in [1.165, 1.54) is 0 Å². The van der Waals surface area contributed by atoms with E-state index in [2.05, 4.69) is 6.07 Å². The van der Waals surface area contributed by atoms with Crippen LogP contribution in [0.15, 0.2) is 0 Å². The fourth-order valence-electron chi connectivity index (χ4n) is 1.05. The Morgan fingerprint density at radius 2 is 1.92 bits per heavy atom. The smallest absolute Gasteiger partial charge is 0.0863 e. The fourth-order valence-corrected chi connectivity index (χ4v) is 1.05. The Balaban J connectivity index is 3.04. The number of hydrogen-bond donors (Lipinski definition) is 1. The summed E-state index contributed by atoms with van der Waals surface area (Å²) in [4.78, 5) is 2.01. The highest BCUT2D eigenvalue weighted by atomic mass is 16.2. The fraction of sp³-hybridized carbons (Fsp3) is 0.889. The van der Waals surface area contributed by atoms with Crippen LogP contribution in [0.1, 0.15) is 25.7 Å². The third-order valence-electron chi connectivity index (χ3n) is 1.79. The van der Waals surface area contributed by atoms with Gasteiger partial charge < -0.3 is 5.11 Å². The van der Waals surface area contributed by atoms with Gasteiger partial charge in [0, 0.05) is 6.61 Å². The Labute approximate surface area is 74.6 Å². The van der Waals surface area contributed by atoms with Crippen LogP contribution in [0.25, 0.3) is 0 Å². The lowest BCUT2D eigenvalue weighted by atomic mass is 10.2. The monoisotopic (exact) mass is 170 g/mol. The van der Waals surface area contributed by atoms with E-state index in [1.807, 2.05) is 11.9 Å². The zero-order chi connectivity index (χ0) is 9.23. The molecule has 0 atom stereocenters. The van der Waals surface area contributed by atoms with Crippen LogP contribution in [0.3, 0.4) is 0 Å². The van der Waals surface area contributed by atoms with E-state index >= 15 is 0 Å². The first kappa shape index (κ1) is 11.4. The molecular formula is C9H18N2O. The van der Waals surface area contributed by atoms with Crippen molar-refractivity contribution in [2.24, 2.45) is 0 Å². The van der Waals surface area contributed by atoms with Crippen LogP contribution in [0.4, 0.5) is 0 Å². The number of aliphatic hydroxyl groups excluding tert-OH is 1. The van der Waals surface area contributed by atoms with Crippen LogP contribution in [-0.2, 0) is 0 Å². The van der Waals surface area contributed by atoms with Gasteiger partial charge in [-0.3, -0.25) is 4.90 Å². The molecule has 0 unspecified atom stereocenters. The predicted octanol–water partition coefficient (Wildman–Crippen LogP) is 0.994.